The second kappa shape index (κ2) is 12.5. The normalized spacial score (nSPS) is 15.6. The minimum absolute atomic E-state index is 0. The summed E-state index contributed by atoms with van der Waals surface area (Å²) in [4.78, 5) is 12.0. The molecule has 2 saturated carbocycles. The lowest BCUT2D eigenvalue weighted by Crippen LogP contribution is -2.05. The van der Waals surface area contributed by atoms with Crippen molar-refractivity contribution in [2.75, 3.05) is 0 Å². The highest BCUT2D eigenvalue weighted by molar-refractivity contribution is 5.43. The van der Waals surface area contributed by atoms with Crippen LogP contribution in [-0.4, -0.2) is 48.8 Å². The van der Waals surface area contributed by atoms with E-state index in [1.165, 1.54) is 36.8 Å². The molecule has 0 radical (unpaired) electrons. The van der Waals surface area contributed by atoms with Crippen LogP contribution >= 0.6 is 0 Å². The van der Waals surface area contributed by atoms with Crippen LogP contribution in [0.4, 0.5) is 0 Å². The molecule has 0 bridgehead atoms. The van der Waals surface area contributed by atoms with Crippen LogP contribution in [0.25, 0.3) is 21.7 Å². The maximum absolute atomic E-state index is 8.48. The number of nitrogens with zero attached hydrogens (tertiary/aromatic N) is 13. The molecule has 0 aromatic carbocycles. The summed E-state index contributed by atoms with van der Waals surface area (Å²) in [7, 11) is 0. The van der Waals surface area contributed by atoms with Gasteiger partial charge in [-0.3, -0.25) is 0 Å². The van der Waals surface area contributed by atoms with E-state index in [4.69, 9.17) is 11.3 Å². The predicted octanol–water partition coefficient (Wildman–Crippen LogP) is 5.73. The maximum atomic E-state index is 8.48. The zero-order chi connectivity index (χ0) is 30.2. The van der Waals surface area contributed by atoms with Crippen LogP contribution in [0.2, 0.25) is 0 Å². The van der Waals surface area contributed by atoms with Gasteiger partial charge in [-0.05, 0) is 73.2 Å². The summed E-state index contributed by atoms with van der Waals surface area (Å²) in [5, 5.41) is 19.9. The summed E-state index contributed by atoms with van der Waals surface area (Å²) in [6.45, 7) is 4.84. The predicted molar refractivity (Wildman–Crippen MR) is 169 cm³/mol. The molecular formula is C31H38N14. The van der Waals surface area contributed by atoms with Crippen molar-refractivity contribution in [2.45, 2.75) is 84.0 Å². The summed E-state index contributed by atoms with van der Waals surface area (Å²) in [5.74, 6) is 1.48. The molecule has 2 aliphatic rings. The number of rotatable bonds is 9. The van der Waals surface area contributed by atoms with Gasteiger partial charge in [0.1, 0.15) is 11.3 Å². The van der Waals surface area contributed by atoms with Crippen LogP contribution in [0.5, 0.6) is 0 Å². The Morgan fingerprint density at radius 1 is 0.778 bits per heavy atom. The second-order valence-corrected chi connectivity index (χ2v) is 11.8. The van der Waals surface area contributed by atoms with E-state index >= 15 is 0 Å². The number of pyridine rings is 2. The number of nitrogens with two attached hydrogens (primary N) is 1. The van der Waals surface area contributed by atoms with Gasteiger partial charge in [-0.25, -0.2) is 19.3 Å². The molecule has 45 heavy (non-hydrogen) atoms. The van der Waals surface area contributed by atoms with Crippen LogP contribution in [0.3, 0.4) is 0 Å². The van der Waals surface area contributed by atoms with Crippen molar-refractivity contribution in [2.24, 2.45) is 10.8 Å². The number of azide groups is 1. The largest absolute Gasteiger partial charge is 0.323 e. The van der Waals surface area contributed by atoms with Crippen molar-refractivity contribution in [3.8, 4) is 0 Å². The van der Waals surface area contributed by atoms with Gasteiger partial charge in [0.15, 0.2) is 0 Å². The molecule has 14 heteroatoms. The summed E-state index contributed by atoms with van der Waals surface area (Å²) in [5.41, 5.74) is 22.3. The van der Waals surface area contributed by atoms with Crippen molar-refractivity contribution in [1.82, 2.24) is 48.8 Å². The van der Waals surface area contributed by atoms with E-state index < -0.39 is 0 Å². The minimum atomic E-state index is -0.323. The molecule has 2 unspecified atom stereocenters. The van der Waals surface area contributed by atoms with Gasteiger partial charge in [-0.2, -0.15) is 0 Å². The molecule has 14 nitrogen and oxygen atoms in total. The van der Waals surface area contributed by atoms with E-state index in [0.29, 0.717) is 18.8 Å². The van der Waals surface area contributed by atoms with Gasteiger partial charge >= 0.3 is 0 Å². The molecular weight excluding hydrogens is 568 g/mol. The number of hydrogen-bond donors (Lipinski definition) is 1. The molecule has 6 aromatic rings. The molecule has 6 aromatic heterocycles. The molecule has 2 N–H and O–H groups in total. The van der Waals surface area contributed by atoms with Crippen molar-refractivity contribution in [3.05, 3.63) is 106 Å². The van der Waals surface area contributed by atoms with Crippen LogP contribution in [0.15, 0.2) is 66.6 Å². The maximum Gasteiger partial charge on any atom is 0.137 e. The molecule has 2 atom stereocenters. The first-order valence-electron chi connectivity index (χ1n) is 15.0. The average Bonchev–Trinajstić information content (AvgIpc) is 3.85. The van der Waals surface area contributed by atoms with Gasteiger partial charge in [0.25, 0.3) is 0 Å². The number of hydrogen-bond acceptors (Lipinski definition) is 8. The van der Waals surface area contributed by atoms with Crippen molar-refractivity contribution < 1.29 is 0 Å². The van der Waals surface area contributed by atoms with Crippen LogP contribution in [0.1, 0.15) is 105 Å². The van der Waals surface area contributed by atoms with Gasteiger partial charge in [0, 0.05) is 41.9 Å². The molecule has 0 aliphatic heterocycles. The highest BCUT2D eigenvalue weighted by atomic mass is 15.4. The molecule has 232 valence electrons. The van der Waals surface area contributed by atoms with Crippen molar-refractivity contribution >= 4 is 11.3 Å². The number of aromatic nitrogens is 10. The molecule has 0 spiro atoms. The van der Waals surface area contributed by atoms with E-state index in [1.54, 1.807) is 22.5 Å². The summed E-state index contributed by atoms with van der Waals surface area (Å²) in [6.07, 6.45) is 17.3. The van der Waals surface area contributed by atoms with E-state index in [9.17, 15) is 0 Å². The summed E-state index contributed by atoms with van der Waals surface area (Å²) < 4.78 is 7.67. The van der Waals surface area contributed by atoms with Crippen LogP contribution in [-0.2, 0) is 13.1 Å². The lowest BCUT2D eigenvalue weighted by molar-refractivity contribution is 0.640. The Morgan fingerprint density at radius 2 is 1.27 bits per heavy atom. The molecule has 6 heterocycles. The SMILES string of the molecule is C.CC(N)c1cn(Cc2cn3cc(C4CC4)ccc3n2)nn1.CC(N=[N+]=[N-])c1cn(Cc2cn3cc(C4CC4)ccc3n2)nn1. The Labute approximate surface area is 260 Å². The highest BCUT2D eigenvalue weighted by Gasteiger charge is 2.24. The topological polar surface area (TPSA) is 171 Å². The van der Waals surface area contributed by atoms with Gasteiger partial charge in [0.05, 0.1) is 48.1 Å². The molecule has 0 amide bonds. The quantitative estimate of drug-likeness (QED) is 0.124. The Hall–Kier alpha value is -5.07. The van der Waals surface area contributed by atoms with E-state index in [0.717, 1.165) is 40.2 Å². The summed E-state index contributed by atoms with van der Waals surface area (Å²) in [6, 6.07) is 8.09. The Balaban J connectivity index is 0.000000156. The van der Waals surface area contributed by atoms with E-state index in [-0.39, 0.29) is 19.5 Å². The van der Waals surface area contributed by atoms with Crippen LogP contribution in [0, 0.1) is 0 Å². The number of fused-ring (bicyclic) bond motifs is 2. The van der Waals surface area contributed by atoms with Crippen molar-refractivity contribution in [1.29, 1.82) is 0 Å². The highest BCUT2D eigenvalue weighted by Crippen LogP contribution is 2.40. The first-order valence-corrected chi connectivity index (χ1v) is 15.0. The fraction of sp³-hybridized carbons (Fsp3) is 0.419. The molecule has 2 aliphatic carbocycles. The van der Waals surface area contributed by atoms with Crippen LogP contribution < -0.4 is 5.73 Å². The number of imidazole rings is 2. The molecule has 2 fully saturated rings. The van der Waals surface area contributed by atoms with Gasteiger partial charge in [0.2, 0.25) is 0 Å². The minimum Gasteiger partial charge on any atom is -0.323 e. The monoisotopic (exact) mass is 606 g/mol. The zero-order valence-electron chi connectivity index (χ0n) is 24.7. The van der Waals surface area contributed by atoms with E-state index in [2.05, 4.69) is 92.3 Å². The fourth-order valence-corrected chi connectivity index (χ4v) is 5.24. The average molecular weight is 607 g/mol. The third-order valence-electron chi connectivity index (χ3n) is 8.03. The van der Waals surface area contributed by atoms with Gasteiger partial charge in [-0.1, -0.05) is 42.0 Å². The molecule has 0 saturated heterocycles. The first-order chi connectivity index (χ1) is 21.4. The Bertz CT molecular complexity index is 1960. The first kappa shape index (κ1) is 30.0. The smallest absolute Gasteiger partial charge is 0.137 e. The Kier molecular flexibility index (Phi) is 8.33. The van der Waals surface area contributed by atoms with Gasteiger partial charge < -0.3 is 14.5 Å². The second-order valence-electron chi connectivity index (χ2n) is 11.8. The summed E-state index contributed by atoms with van der Waals surface area (Å²) >= 11 is 0. The van der Waals surface area contributed by atoms with Gasteiger partial charge in [-0.15, -0.1) is 10.2 Å². The fourth-order valence-electron chi connectivity index (χ4n) is 5.24. The van der Waals surface area contributed by atoms with E-state index in [1.807, 2.05) is 19.3 Å². The third kappa shape index (κ3) is 6.87. The molecule has 8 rings (SSSR count). The lowest BCUT2D eigenvalue weighted by Gasteiger charge is -1.98. The third-order valence-corrected chi connectivity index (χ3v) is 8.03. The zero-order valence-corrected chi connectivity index (χ0v) is 24.7. The lowest BCUT2D eigenvalue weighted by atomic mass is 10.2. The standard InChI is InChI=1S/C15H16N8.C15H18N6.CH4/c1-10(18-20-16)14-9-23(21-19-14)8-13-7-22-6-12(11-2-3-11)4-5-15(22)17-13;1-10(16)14-9-21(19-18-14)8-13-7-20-6-12(11-2-3-11)4-5-15(20)17-13;/h4-7,9-11H,2-3,8H2,1H3;4-7,9-11H,2-3,8,16H2,1H3;1H4. The Morgan fingerprint density at radius 3 is 1.71 bits per heavy atom. The van der Waals surface area contributed by atoms with Crippen molar-refractivity contribution in [3.63, 3.8) is 0 Å².